The molecule has 5 nitrogen and oxygen atoms in total. The average molecular weight is 322 g/mol. The van der Waals surface area contributed by atoms with Crippen LogP contribution in [0, 0.1) is 12.3 Å². The van der Waals surface area contributed by atoms with Gasteiger partial charge in [-0.3, -0.25) is 4.79 Å². The van der Waals surface area contributed by atoms with Crippen LogP contribution in [0.4, 0.5) is 4.79 Å². The molecule has 3 N–H and O–H groups in total. The van der Waals surface area contributed by atoms with Gasteiger partial charge in [0.2, 0.25) is 5.91 Å². The Labute approximate surface area is 135 Å². The minimum absolute atomic E-state index is 0.116. The molecule has 0 unspecified atom stereocenters. The van der Waals surface area contributed by atoms with E-state index in [0.717, 1.165) is 5.56 Å². The van der Waals surface area contributed by atoms with E-state index in [0.29, 0.717) is 11.6 Å². The molecule has 0 radical (unpaired) electrons. The number of halogens is 1. The van der Waals surface area contributed by atoms with E-state index in [1.807, 2.05) is 38.1 Å². The van der Waals surface area contributed by atoms with Gasteiger partial charge in [-0.25, -0.2) is 4.79 Å². The Morgan fingerprint density at radius 2 is 1.82 bits per heavy atom. The summed E-state index contributed by atoms with van der Waals surface area (Å²) in [5.41, 5.74) is 0.803. The number of urea groups is 1. The second-order valence-corrected chi connectivity index (χ2v) is 5.84. The molecule has 1 rings (SSSR count). The van der Waals surface area contributed by atoms with E-state index in [4.69, 9.17) is 18.0 Å². The summed E-state index contributed by atoms with van der Waals surface area (Å²) in [5.74, 6) is 1.96. The first-order valence-corrected chi connectivity index (χ1v) is 7.21. The second-order valence-electron chi connectivity index (χ2n) is 5.41. The van der Waals surface area contributed by atoms with Crippen LogP contribution in [0.25, 0.3) is 0 Å². The van der Waals surface area contributed by atoms with Crippen LogP contribution in [-0.4, -0.2) is 31.6 Å². The van der Waals surface area contributed by atoms with Crippen LogP contribution in [0.1, 0.15) is 19.4 Å². The van der Waals surface area contributed by atoms with Crippen LogP contribution in [-0.2, 0) is 10.2 Å². The highest BCUT2D eigenvalue weighted by molar-refractivity contribution is 6.30. The van der Waals surface area contributed by atoms with Gasteiger partial charge in [0.15, 0.2) is 0 Å². The maximum atomic E-state index is 11.7. The van der Waals surface area contributed by atoms with Crippen molar-refractivity contribution in [2.45, 2.75) is 19.3 Å². The van der Waals surface area contributed by atoms with Crippen molar-refractivity contribution in [3.05, 3.63) is 34.9 Å². The predicted octanol–water partition coefficient (Wildman–Crippen LogP) is 1.67. The van der Waals surface area contributed by atoms with E-state index in [1.165, 1.54) is 0 Å². The Kier molecular flexibility index (Phi) is 6.74. The van der Waals surface area contributed by atoms with Gasteiger partial charge in [0, 0.05) is 17.0 Å². The lowest BCUT2D eigenvalue weighted by atomic mass is 9.85. The lowest BCUT2D eigenvalue weighted by Crippen LogP contribution is -2.45. The summed E-state index contributed by atoms with van der Waals surface area (Å²) < 4.78 is 0. The molecule has 0 spiro atoms. The fraction of sp³-hybridized carbons (Fsp3) is 0.375. The molecule has 118 valence electrons. The molecule has 1 aromatic rings. The van der Waals surface area contributed by atoms with Gasteiger partial charge in [-0.2, -0.15) is 0 Å². The highest BCUT2D eigenvalue weighted by Crippen LogP contribution is 2.23. The van der Waals surface area contributed by atoms with Crippen molar-refractivity contribution < 1.29 is 9.59 Å². The second kappa shape index (κ2) is 8.30. The number of carbonyl (C=O) groups is 2. The number of hydrogen-bond donors (Lipinski definition) is 3. The van der Waals surface area contributed by atoms with Crippen LogP contribution < -0.4 is 16.0 Å². The Bertz CT molecular complexity index is 562. The highest BCUT2D eigenvalue weighted by Gasteiger charge is 2.21. The van der Waals surface area contributed by atoms with E-state index in [9.17, 15) is 9.59 Å². The van der Waals surface area contributed by atoms with E-state index < -0.39 is 6.03 Å². The molecule has 0 atom stereocenters. The van der Waals surface area contributed by atoms with Gasteiger partial charge in [0.05, 0.1) is 13.1 Å². The van der Waals surface area contributed by atoms with Gasteiger partial charge in [0.25, 0.3) is 0 Å². The maximum Gasteiger partial charge on any atom is 0.315 e. The molecule has 3 amide bonds. The van der Waals surface area contributed by atoms with Gasteiger partial charge in [0.1, 0.15) is 0 Å². The van der Waals surface area contributed by atoms with Gasteiger partial charge in [-0.05, 0) is 17.7 Å². The maximum absolute atomic E-state index is 11.7. The molecule has 0 aliphatic carbocycles. The van der Waals surface area contributed by atoms with Gasteiger partial charge in [-0.15, -0.1) is 6.42 Å². The first kappa shape index (κ1) is 17.9. The SMILES string of the molecule is C#CCNC(=O)CNC(=O)NCC(C)(C)c1ccc(Cl)cc1. The Balaban J connectivity index is 2.41. The fourth-order valence-electron chi connectivity index (χ4n) is 1.74. The largest absolute Gasteiger partial charge is 0.344 e. The molecule has 1 aromatic carbocycles. The van der Waals surface area contributed by atoms with Crippen LogP contribution in [0.3, 0.4) is 0 Å². The van der Waals surface area contributed by atoms with Crippen LogP contribution in [0.15, 0.2) is 24.3 Å². The van der Waals surface area contributed by atoms with Crippen LogP contribution in [0.2, 0.25) is 5.02 Å². The van der Waals surface area contributed by atoms with Crippen molar-refractivity contribution in [3.8, 4) is 12.3 Å². The summed E-state index contributed by atoms with van der Waals surface area (Å²) in [4.78, 5) is 23.0. The van der Waals surface area contributed by atoms with Crippen molar-refractivity contribution in [1.29, 1.82) is 0 Å². The molecular weight excluding hydrogens is 302 g/mol. The summed E-state index contributed by atoms with van der Waals surface area (Å²) in [6.45, 7) is 4.47. The zero-order valence-electron chi connectivity index (χ0n) is 12.7. The molecule has 22 heavy (non-hydrogen) atoms. The lowest BCUT2D eigenvalue weighted by Gasteiger charge is -2.25. The van der Waals surface area contributed by atoms with Crippen molar-refractivity contribution in [1.82, 2.24) is 16.0 Å². The average Bonchev–Trinajstić information content (AvgIpc) is 2.49. The molecule has 0 aromatic heterocycles. The molecule has 0 aliphatic rings. The van der Waals surface area contributed by atoms with E-state index in [2.05, 4.69) is 21.9 Å². The summed E-state index contributed by atoms with van der Waals surface area (Å²) in [7, 11) is 0. The summed E-state index contributed by atoms with van der Waals surface area (Å²) in [6, 6.07) is 7.07. The van der Waals surface area contributed by atoms with Crippen molar-refractivity contribution >= 4 is 23.5 Å². The number of nitrogens with one attached hydrogen (secondary N) is 3. The standard InChI is InChI=1S/C16H20ClN3O2/c1-4-9-18-14(21)10-19-15(22)20-11-16(2,3)12-5-7-13(17)8-6-12/h1,5-8H,9-11H2,2-3H3,(H,18,21)(H2,19,20,22). The molecule has 0 fully saturated rings. The van der Waals surface area contributed by atoms with Gasteiger partial charge in [-0.1, -0.05) is 43.5 Å². The van der Waals surface area contributed by atoms with E-state index in [-0.39, 0.29) is 24.4 Å². The highest BCUT2D eigenvalue weighted by atomic mass is 35.5. The fourth-order valence-corrected chi connectivity index (χ4v) is 1.87. The Morgan fingerprint density at radius 3 is 2.41 bits per heavy atom. The molecule has 0 bridgehead atoms. The van der Waals surface area contributed by atoms with Crippen LogP contribution in [0.5, 0.6) is 0 Å². The molecule has 0 aliphatic heterocycles. The molecule has 0 saturated carbocycles. The molecular formula is C16H20ClN3O2. The summed E-state index contributed by atoms with van der Waals surface area (Å²) >= 11 is 5.87. The number of amides is 3. The first-order valence-electron chi connectivity index (χ1n) is 6.83. The van der Waals surface area contributed by atoms with E-state index in [1.54, 1.807) is 0 Å². The van der Waals surface area contributed by atoms with Crippen molar-refractivity contribution in [2.75, 3.05) is 19.6 Å². The topological polar surface area (TPSA) is 70.2 Å². The number of benzene rings is 1. The molecule has 0 saturated heterocycles. The van der Waals surface area contributed by atoms with Gasteiger partial charge >= 0.3 is 6.03 Å². The monoisotopic (exact) mass is 321 g/mol. The third kappa shape index (κ3) is 6.06. The van der Waals surface area contributed by atoms with Crippen LogP contribution >= 0.6 is 11.6 Å². The zero-order valence-corrected chi connectivity index (χ0v) is 13.5. The molecule has 0 heterocycles. The minimum atomic E-state index is -0.405. The smallest absolute Gasteiger partial charge is 0.315 e. The van der Waals surface area contributed by atoms with E-state index >= 15 is 0 Å². The molecule has 6 heteroatoms. The number of hydrogen-bond acceptors (Lipinski definition) is 2. The van der Waals surface area contributed by atoms with Gasteiger partial charge < -0.3 is 16.0 Å². The predicted molar refractivity (Wildman–Crippen MR) is 87.7 cm³/mol. The lowest BCUT2D eigenvalue weighted by molar-refractivity contribution is -0.119. The Hall–Kier alpha value is -2.19. The Morgan fingerprint density at radius 1 is 1.18 bits per heavy atom. The number of carbonyl (C=O) groups excluding carboxylic acids is 2. The summed E-state index contributed by atoms with van der Waals surface area (Å²) in [5, 5.41) is 8.35. The summed E-state index contributed by atoms with van der Waals surface area (Å²) in [6.07, 6.45) is 5.02. The van der Waals surface area contributed by atoms with Crippen molar-refractivity contribution in [3.63, 3.8) is 0 Å². The number of terminal acetylenes is 1. The quantitative estimate of drug-likeness (QED) is 0.697. The third-order valence-corrected chi connectivity index (χ3v) is 3.37. The zero-order chi connectivity index (χ0) is 16.6. The normalized spacial score (nSPS) is 10.5. The van der Waals surface area contributed by atoms with Crippen molar-refractivity contribution in [2.24, 2.45) is 0 Å². The first-order chi connectivity index (χ1) is 10.3. The minimum Gasteiger partial charge on any atom is -0.344 e. The number of rotatable bonds is 6. The third-order valence-electron chi connectivity index (χ3n) is 3.11.